The van der Waals surface area contributed by atoms with E-state index in [0.717, 1.165) is 20.5 Å². The van der Waals surface area contributed by atoms with Crippen LogP contribution in [0.1, 0.15) is 22.7 Å². The van der Waals surface area contributed by atoms with Crippen LogP contribution in [-0.4, -0.2) is 14.8 Å². The zero-order valence-corrected chi connectivity index (χ0v) is 18.8. The van der Waals surface area contributed by atoms with E-state index in [4.69, 9.17) is 0 Å². The number of aromatic amines is 1. The van der Waals surface area contributed by atoms with Gasteiger partial charge in [0.15, 0.2) is 0 Å². The van der Waals surface area contributed by atoms with Gasteiger partial charge in [0.2, 0.25) is 5.13 Å². The number of thiazole rings is 1. The fourth-order valence-corrected chi connectivity index (χ4v) is 4.69. The molecule has 152 valence electrons. The second kappa shape index (κ2) is 8.73. The van der Waals surface area contributed by atoms with Gasteiger partial charge < -0.3 is 0 Å². The fraction of sp³-hybridized carbons (Fsp3) is 0.130. The number of hydrogen-bond donors (Lipinski definition) is 1. The van der Waals surface area contributed by atoms with E-state index in [1.165, 1.54) is 16.0 Å². The van der Waals surface area contributed by atoms with Gasteiger partial charge in [-0.05, 0) is 30.2 Å². The summed E-state index contributed by atoms with van der Waals surface area (Å²) in [4.78, 5) is 18.8. The number of H-pyrrole nitrogens is 1. The zero-order valence-electron chi connectivity index (χ0n) is 16.4. The number of nitrogens with zero attached hydrogens (tertiary/aromatic N) is 4. The topological polar surface area (TPSA) is 98.3 Å². The van der Waals surface area contributed by atoms with E-state index in [2.05, 4.69) is 26.0 Å². The summed E-state index contributed by atoms with van der Waals surface area (Å²) in [6.45, 7) is 1.78. The van der Waals surface area contributed by atoms with Gasteiger partial charge in [0.1, 0.15) is 5.92 Å². The summed E-state index contributed by atoms with van der Waals surface area (Å²) in [7, 11) is 0. The molecule has 0 unspecified atom stereocenters. The molecule has 8 heteroatoms. The molecule has 1 atom stereocenters. The molecule has 2 aromatic heterocycles. The minimum absolute atomic E-state index is 0.307. The summed E-state index contributed by atoms with van der Waals surface area (Å²) in [5.41, 5.74) is 2.45. The van der Waals surface area contributed by atoms with E-state index in [9.17, 15) is 15.3 Å². The first-order chi connectivity index (χ1) is 15.0. The molecule has 0 amide bonds. The molecule has 0 aliphatic heterocycles. The number of benzene rings is 2. The van der Waals surface area contributed by atoms with Crippen molar-refractivity contribution in [3.05, 3.63) is 92.4 Å². The van der Waals surface area contributed by atoms with Gasteiger partial charge in [-0.15, -0.1) is 0 Å². The monoisotopic (exact) mass is 489 g/mol. The molecule has 0 fully saturated rings. The fourth-order valence-electron chi connectivity index (χ4n) is 3.54. The Hall–Kier alpha value is -3.46. The largest absolute Gasteiger partial charge is 0.293 e. The van der Waals surface area contributed by atoms with Crippen LogP contribution in [0.15, 0.2) is 70.1 Å². The van der Waals surface area contributed by atoms with Crippen molar-refractivity contribution in [3.63, 3.8) is 0 Å². The van der Waals surface area contributed by atoms with Gasteiger partial charge in [0.25, 0.3) is 5.56 Å². The van der Waals surface area contributed by atoms with Crippen molar-refractivity contribution >= 4 is 27.3 Å². The van der Waals surface area contributed by atoms with Gasteiger partial charge in [-0.1, -0.05) is 69.7 Å². The van der Waals surface area contributed by atoms with Crippen molar-refractivity contribution in [2.24, 2.45) is 5.92 Å². The van der Waals surface area contributed by atoms with E-state index in [0.29, 0.717) is 16.4 Å². The number of aryl methyl sites for hydroxylation is 1. The van der Waals surface area contributed by atoms with Crippen molar-refractivity contribution in [1.29, 1.82) is 10.5 Å². The number of hydrogen-bond acceptors (Lipinski definition) is 5. The number of halogens is 1. The molecule has 4 aromatic rings. The first-order valence-electron chi connectivity index (χ1n) is 9.41. The lowest BCUT2D eigenvalue weighted by Gasteiger charge is -2.16. The Balaban J connectivity index is 1.80. The van der Waals surface area contributed by atoms with Gasteiger partial charge in [-0.25, -0.2) is 4.98 Å². The Bertz CT molecular complexity index is 1340. The highest BCUT2D eigenvalue weighted by atomic mass is 79.9. The smallest absolute Gasteiger partial charge is 0.277 e. The van der Waals surface area contributed by atoms with E-state index in [1.54, 1.807) is 13.1 Å². The second-order valence-corrected chi connectivity index (χ2v) is 8.85. The minimum Gasteiger partial charge on any atom is -0.293 e. The third kappa shape index (κ3) is 3.96. The summed E-state index contributed by atoms with van der Waals surface area (Å²) < 4.78 is 2.37. The third-order valence-corrected chi connectivity index (χ3v) is 6.57. The van der Waals surface area contributed by atoms with Crippen LogP contribution in [0.2, 0.25) is 0 Å². The van der Waals surface area contributed by atoms with E-state index in [1.807, 2.05) is 66.7 Å². The maximum atomic E-state index is 13.4. The lowest BCUT2D eigenvalue weighted by atomic mass is 9.82. The van der Waals surface area contributed by atoms with Gasteiger partial charge in [0, 0.05) is 27.8 Å². The highest BCUT2D eigenvalue weighted by Gasteiger charge is 2.31. The number of nitrogens with one attached hydrogen (secondary N) is 1. The Morgan fingerprint density at radius 1 is 1.10 bits per heavy atom. The first kappa shape index (κ1) is 20.8. The first-order valence-corrected chi connectivity index (χ1v) is 11.0. The van der Waals surface area contributed by atoms with Crippen molar-refractivity contribution in [2.45, 2.75) is 12.8 Å². The second-order valence-electron chi connectivity index (χ2n) is 6.93. The minimum atomic E-state index is -0.993. The molecular formula is C23H16BrN5OS. The predicted molar refractivity (Wildman–Crippen MR) is 123 cm³/mol. The van der Waals surface area contributed by atoms with Crippen molar-refractivity contribution in [1.82, 2.24) is 14.8 Å². The Labute approximate surface area is 191 Å². The summed E-state index contributed by atoms with van der Waals surface area (Å²) in [6.07, 6.45) is 1.73. The van der Waals surface area contributed by atoms with Crippen LogP contribution < -0.4 is 5.56 Å². The molecule has 1 N–H and O–H groups in total. The zero-order chi connectivity index (χ0) is 22.0. The Morgan fingerprint density at radius 3 is 2.42 bits per heavy atom. The highest BCUT2D eigenvalue weighted by molar-refractivity contribution is 9.10. The normalized spacial score (nSPS) is 11.8. The van der Waals surface area contributed by atoms with Crippen LogP contribution in [-0.2, 0) is 0 Å². The Morgan fingerprint density at radius 2 is 1.77 bits per heavy atom. The number of aromatic nitrogens is 3. The molecule has 31 heavy (non-hydrogen) atoms. The van der Waals surface area contributed by atoms with Crippen LogP contribution >= 0.6 is 27.3 Å². The molecule has 6 nitrogen and oxygen atoms in total. The summed E-state index contributed by atoms with van der Waals surface area (Å²) in [5.74, 6) is -1.65. The maximum Gasteiger partial charge on any atom is 0.277 e. The molecule has 0 aliphatic carbocycles. The SMILES string of the molecule is Cc1[nH]n(-c2ncc(-c3ccc(Br)cc3)s2)c(=O)c1[C@H](c1ccccc1)C(C#N)C#N. The van der Waals surface area contributed by atoms with Crippen LogP contribution in [0.5, 0.6) is 0 Å². The van der Waals surface area contributed by atoms with Gasteiger partial charge in [-0.3, -0.25) is 9.89 Å². The molecule has 2 heterocycles. The van der Waals surface area contributed by atoms with Crippen LogP contribution in [0, 0.1) is 35.5 Å². The van der Waals surface area contributed by atoms with Gasteiger partial charge in [-0.2, -0.15) is 15.2 Å². The van der Waals surface area contributed by atoms with E-state index >= 15 is 0 Å². The molecule has 0 bridgehead atoms. The number of nitriles is 2. The average molecular weight is 490 g/mol. The molecule has 2 aromatic carbocycles. The molecule has 0 radical (unpaired) electrons. The van der Waals surface area contributed by atoms with Crippen molar-refractivity contribution in [2.75, 3.05) is 0 Å². The molecule has 0 spiro atoms. The standard InChI is InChI=1S/C23H16BrN5OS/c1-14-20(21(17(11-25)12-26)16-5-3-2-4-6-16)22(30)29(28-14)23-27-13-19(31-23)15-7-9-18(24)10-8-15/h2-10,13,17,21,28H,1H3/t21-/m1/s1. The van der Waals surface area contributed by atoms with Crippen LogP contribution in [0.25, 0.3) is 15.6 Å². The Kier molecular flexibility index (Phi) is 5.85. The average Bonchev–Trinajstić information content (AvgIpc) is 3.38. The van der Waals surface area contributed by atoms with E-state index in [-0.39, 0.29) is 5.56 Å². The van der Waals surface area contributed by atoms with Crippen molar-refractivity contribution < 1.29 is 0 Å². The van der Waals surface area contributed by atoms with Gasteiger partial charge in [0.05, 0.1) is 17.0 Å². The van der Waals surface area contributed by atoms with E-state index < -0.39 is 11.8 Å². The maximum absolute atomic E-state index is 13.4. The van der Waals surface area contributed by atoms with Gasteiger partial charge >= 0.3 is 0 Å². The summed E-state index contributed by atoms with van der Waals surface area (Å²) >= 11 is 4.81. The molecule has 0 aliphatic rings. The quantitative estimate of drug-likeness (QED) is 0.418. The number of rotatable bonds is 5. The molecular weight excluding hydrogens is 474 g/mol. The predicted octanol–water partition coefficient (Wildman–Crippen LogP) is 5.16. The molecule has 0 saturated carbocycles. The lowest BCUT2D eigenvalue weighted by Crippen LogP contribution is -2.23. The van der Waals surface area contributed by atoms with Crippen LogP contribution in [0.3, 0.4) is 0 Å². The van der Waals surface area contributed by atoms with Crippen molar-refractivity contribution in [3.8, 4) is 27.7 Å². The highest BCUT2D eigenvalue weighted by Crippen LogP contribution is 2.33. The summed E-state index contributed by atoms with van der Waals surface area (Å²) in [6, 6.07) is 21.1. The molecule has 4 rings (SSSR count). The van der Waals surface area contributed by atoms with Crippen LogP contribution in [0.4, 0.5) is 0 Å². The molecule has 0 saturated heterocycles. The lowest BCUT2D eigenvalue weighted by molar-refractivity contribution is 0.699. The summed E-state index contributed by atoms with van der Waals surface area (Å²) in [5, 5.41) is 22.7. The third-order valence-electron chi connectivity index (χ3n) is 5.01.